The topological polar surface area (TPSA) is 83.5 Å². The number of ether oxygens (including phenoxy) is 2. The fourth-order valence-electron chi connectivity index (χ4n) is 5.21. The molecule has 5 unspecified atom stereocenters. The average Bonchev–Trinajstić information content (AvgIpc) is 3.17. The van der Waals surface area contributed by atoms with Gasteiger partial charge >= 0.3 is 13.8 Å². The third kappa shape index (κ3) is 12.9. The van der Waals surface area contributed by atoms with E-state index < -0.39 is 31.6 Å². The minimum Gasteiger partial charge on any atom is -0.457 e. The van der Waals surface area contributed by atoms with Crippen molar-refractivity contribution < 1.29 is 32.5 Å². The number of hydrogen-bond donors (Lipinski definition) is 0. The second kappa shape index (κ2) is 17.2. The summed E-state index contributed by atoms with van der Waals surface area (Å²) in [6.45, 7) is 10.7. The van der Waals surface area contributed by atoms with E-state index in [1.165, 1.54) is 84.0 Å². The highest BCUT2D eigenvalue weighted by Gasteiger charge is 2.50. The third-order valence-electron chi connectivity index (χ3n) is 7.23. The lowest BCUT2D eigenvalue weighted by Gasteiger charge is -2.39. The Kier molecular flexibility index (Phi) is 15.2. The molecule has 5 atom stereocenters. The summed E-state index contributed by atoms with van der Waals surface area (Å²) in [5, 5.41) is 1.63. The molecule has 2 bridgehead atoms. The number of rotatable bonds is 21. The van der Waals surface area contributed by atoms with Gasteiger partial charge in [-0.1, -0.05) is 90.4 Å². The van der Waals surface area contributed by atoms with Crippen molar-refractivity contribution in [3.63, 3.8) is 0 Å². The number of carbonyl (C=O) groups is 1. The molecule has 0 aromatic carbocycles. The summed E-state index contributed by atoms with van der Waals surface area (Å²) in [4.78, 5) is 11.8. The minimum atomic E-state index is -3.81. The zero-order chi connectivity index (χ0) is 27.2. The Bertz CT molecular complexity index is 673. The first kappa shape index (κ1) is 32.7. The molecule has 0 aliphatic carbocycles. The van der Waals surface area contributed by atoms with E-state index in [1.54, 1.807) is 18.9 Å². The number of hydrogen-bond acceptors (Lipinski definition) is 8. The van der Waals surface area contributed by atoms with Crippen LogP contribution in [0.5, 0.6) is 0 Å². The fraction of sp³-hybridized carbons (Fsp3) is 0.964. The molecule has 37 heavy (non-hydrogen) atoms. The number of fused-ring (bicyclic) bond motifs is 2. The first-order valence-electron chi connectivity index (χ1n) is 14.9. The van der Waals surface area contributed by atoms with Crippen LogP contribution >= 0.6 is 7.82 Å². The Labute approximate surface area is 226 Å². The van der Waals surface area contributed by atoms with Crippen LogP contribution in [0.3, 0.4) is 0 Å². The van der Waals surface area contributed by atoms with Crippen LogP contribution in [-0.4, -0.2) is 54.6 Å². The molecular formula is C28H54NO7P. The van der Waals surface area contributed by atoms with Gasteiger partial charge in [-0.15, -0.1) is 0 Å². The SMILES string of the molecule is CCCCCCCCCCCCCCCCOC(C)C(OC(C)=O)C(C)(C)OP1(=O)OC2CCN(C2)O1. The van der Waals surface area contributed by atoms with E-state index in [4.69, 9.17) is 23.1 Å². The Hall–Kier alpha value is -0.500. The lowest BCUT2D eigenvalue weighted by atomic mass is 9.97. The first-order valence-corrected chi connectivity index (χ1v) is 16.3. The van der Waals surface area contributed by atoms with Crippen molar-refractivity contribution in [1.29, 1.82) is 0 Å². The van der Waals surface area contributed by atoms with Crippen molar-refractivity contribution >= 4 is 13.8 Å². The second-order valence-corrected chi connectivity index (χ2v) is 12.8. The number of esters is 1. The van der Waals surface area contributed by atoms with Gasteiger partial charge in [-0.2, -0.15) is 9.69 Å². The fourth-order valence-corrected chi connectivity index (χ4v) is 6.98. The van der Waals surface area contributed by atoms with E-state index in [0.29, 0.717) is 19.7 Å². The highest BCUT2D eigenvalue weighted by molar-refractivity contribution is 7.48. The van der Waals surface area contributed by atoms with Gasteiger partial charge in [-0.25, -0.2) is 4.57 Å². The first-order chi connectivity index (χ1) is 17.6. The summed E-state index contributed by atoms with van der Waals surface area (Å²) >= 11 is 0. The van der Waals surface area contributed by atoms with Gasteiger partial charge in [0, 0.05) is 20.1 Å². The largest absolute Gasteiger partial charge is 0.492 e. The van der Waals surface area contributed by atoms with Gasteiger partial charge in [0.25, 0.3) is 0 Å². The van der Waals surface area contributed by atoms with Gasteiger partial charge in [0.2, 0.25) is 0 Å². The van der Waals surface area contributed by atoms with E-state index in [9.17, 15) is 9.36 Å². The summed E-state index contributed by atoms with van der Waals surface area (Å²) in [5.41, 5.74) is -1.13. The zero-order valence-corrected chi connectivity index (χ0v) is 25.1. The summed E-state index contributed by atoms with van der Waals surface area (Å²) in [6, 6.07) is 0. The van der Waals surface area contributed by atoms with E-state index in [-0.39, 0.29) is 6.10 Å². The van der Waals surface area contributed by atoms with Crippen LogP contribution < -0.4 is 0 Å². The molecule has 2 aliphatic rings. The van der Waals surface area contributed by atoms with Gasteiger partial charge in [0.1, 0.15) is 5.60 Å². The maximum atomic E-state index is 13.1. The molecule has 2 aliphatic heterocycles. The Balaban J connectivity index is 1.60. The lowest BCUT2D eigenvalue weighted by Crippen LogP contribution is -2.49. The second-order valence-electron chi connectivity index (χ2n) is 11.3. The molecule has 0 aromatic heterocycles. The molecule has 2 fully saturated rings. The van der Waals surface area contributed by atoms with Crippen molar-refractivity contribution in [3.05, 3.63) is 0 Å². The molecule has 218 valence electrons. The molecule has 9 heteroatoms. The number of unbranched alkanes of at least 4 members (excludes halogenated alkanes) is 13. The monoisotopic (exact) mass is 547 g/mol. The molecule has 2 heterocycles. The van der Waals surface area contributed by atoms with Crippen LogP contribution in [0.25, 0.3) is 0 Å². The molecule has 0 aromatic rings. The van der Waals surface area contributed by atoms with Crippen LogP contribution in [-0.2, 0) is 32.5 Å². The third-order valence-corrected chi connectivity index (χ3v) is 8.91. The Morgan fingerprint density at radius 3 is 2.03 bits per heavy atom. The molecule has 0 spiro atoms. The summed E-state index contributed by atoms with van der Waals surface area (Å²) < 4.78 is 41.7. The molecule has 8 nitrogen and oxygen atoms in total. The number of carbonyl (C=O) groups excluding carboxylic acids is 1. The van der Waals surface area contributed by atoms with Gasteiger partial charge in [0.05, 0.1) is 18.8 Å². The maximum Gasteiger partial charge on any atom is 0.492 e. The molecule has 2 saturated heterocycles. The summed E-state index contributed by atoms with van der Waals surface area (Å²) in [7, 11) is -3.81. The number of hydroxylamine groups is 2. The van der Waals surface area contributed by atoms with Crippen molar-refractivity contribution in [2.24, 2.45) is 0 Å². The molecule has 2 rings (SSSR count). The predicted octanol–water partition coefficient (Wildman–Crippen LogP) is 7.74. The quantitative estimate of drug-likeness (QED) is 0.0819. The lowest BCUT2D eigenvalue weighted by molar-refractivity contribution is -0.183. The van der Waals surface area contributed by atoms with Crippen LogP contribution in [0.2, 0.25) is 0 Å². The molecular weight excluding hydrogens is 493 g/mol. The number of phosphoric acid groups is 1. The average molecular weight is 548 g/mol. The Morgan fingerprint density at radius 1 is 0.973 bits per heavy atom. The van der Waals surface area contributed by atoms with Crippen LogP contribution in [0.15, 0.2) is 0 Å². The predicted molar refractivity (Wildman–Crippen MR) is 146 cm³/mol. The van der Waals surface area contributed by atoms with Crippen LogP contribution in [0.1, 0.15) is 131 Å². The standard InChI is InChI=1S/C28H54NO7P/c1-6-7-8-9-10-11-12-13-14-15-16-17-18-19-22-32-24(2)27(33-25(3)30)28(4,5)35-37(31)34-26-20-21-29(23-26)36-37/h24,26-27H,6-23H2,1-5H3. The maximum absolute atomic E-state index is 13.1. The molecule has 0 N–H and O–H groups in total. The molecule has 0 amide bonds. The summed E-state index contributed by atoms with van der Waals surface area (Å²) in [5.74, 6) is -0.443. The number of phosphoric ester groups is 1. The normalized spacial score (nSPS) is 25.2. The van der Waals surface area contributed by atoms with Crippen molar-refractivity contribution in [3.8, 4) is 0 Å². The van der Waals surface area contributed by atoms with Gasteiger partial charge in [-0.3, -0.25) is 13.8 Å². The van der Waals surface area contributed by atoms with Crippen molar-refractivity contribution in [2.75, 3.05) is 19.7 Å². The van der Waals surface area contributed by atoms with E-state index in [1.807, 2.05) is 6.92 Å². The zero-order valence-electron chi connectivity index (χ0n) is 24.2. The highest BCUT2D eigenvalue weighted by atomic mass is 31.2. The summed E-state index contributed by atoms with van der Waals surface area (Å²) in [6.07, 6.45) is 17.7. The molecule has 0 saturated carbocycles. The van der Waals surface area contributed by atoms with E-state index >= 15 is 0 Å². The molecule has 0 radical (unpaired) electrons. The van der Waals surface area contributed by atoms with Crippen LogP contribution in [0.4, 0.5) is 0 Å². The van der Waals surface area contributed by atoms with Gasteiger partial charge in [-0.05, 0) is 33.6 Å². The smallest absolute Gasteiger partial charge is 0.457 e. The van der Waals surface area contributed by atoms with Crippen molar-refractivity contribution in [1.82, 2.24) is 5.06 Å². The van der Waals surface area contributed by atoms with E-state index in [2.05, 4.69) is 6.92 Å². The minimum absolute atomic E-state index is 0.170. The van der Waals surface area contributed by atoms with Crippen LogP contribution in [0, 0.1) is 0 Å². The van der Waals surface area contributed by atoms with E-state index in [0.717, 1.165) is 19.3 Å². The highest BCUT2D eigenvalue weighted by Crippen LogP contribution is 2.59. The van der Waals surface area contributed by atoms with Gasteiger partial charge < -0.3 is 9.47 Å². The number of nitrogens with zero attached hydrogens (tertiary/aromatic N) is 1. The Morgan fingerprint density at radius 2 is 1.51 bits per heavy atom. The van der Waals surface area contributed by atoms with Gasteiger partial charge in [0.15, 0.2) is 6.10 Å². The van der Waals surface area contributed by atoms with Crippen molar-refractivity contribution in [2.45, 2.75) is 155 Å².